The Bertz CT molecular complexity index is 1050. The highest BCUT2D eigenvalue weighted by Gasteiger charge is 2.39. The monoisotopic (exact) mass is 553 g/mol. The number of rotatable bonds is 4. The number of aliphatic carboxylic acids is 2. The van der Waals surface area contributed by atoms with Gasteiger partial charge in [0, 0.05) is 69.8 Å². The molecule has 0 radical (unpaired) electrons. The van der Waals surface area contributed by atoms with Gasteiger partial charge in [-0.3, -0.25) is 14.7 Å². The van der Waals surface area contributed by atoms with Crippen LogP contribution in [0.1, 0.15) is 24.2 Å². The van der Waals surface area contributed by atoms with Crippen LogP contribution in [0.2, 0.25) is 0 Å². The number of carbonyl (C=O) groups excluding carboxylic acids is 1. The van der Waals surface area contributed by atoms with E-state index in [0.717, 1.165) is 51.5 Å². The molecule has 1 saturated heterocycles. The molecule has 1 unspecified atom stereocenters. The van der Waals surface area contributed by atoms with Crippen LogP contribution in [0.5, 0.6) is 0 Å². The Kier molecular flexibility index (Phi) is 10.6. The van der Waals surface area contributed by atoms with E-state index in [1.807, 2.05) is 23.5 Å². The Morgan fingerprint density at radius 3 is 2.05 bits per heavy atom. The van der Waals surface area contributed by atoms with E-state index in [4.69, 9.17) is 19.8 Å². The van der Waals surface area contributed by atoms with Crippen LogP contribution in [0.3, 0.4) is 0 Å². The fourth-order valence-electron chi connectivity index (χ4n) is 3.81. The van der Waals surface area contributed by atoms with Crippen molar-refractivity contribution in [2.24, 2.45) is 5.92 Å². The van der Waals surface area contributed by atoms with Gasteiger partial charge in [-0.1, -0.05) is 0 Å². The SMILES string of the molecule is O=C(O)C(F)(F)F.O=C(O)C(F)(F)F.O=C1CCCN1CC1CN(Cc2ccncc2)Cc2nccn2C1. The topological polar surface area (TPSA) is 129 Å². The second-order valence-corrected chi connectivity index (χ2v) is 8.44. The highest BCUT2D eigenvalue weighted by molar-refractivity contribution is 5.78. The van der Waals surface area contributed by atoms with Gasteiger partial charge >= 0.3 is 24.3 Å². The minimum atomic E-state index is -5.08. The van der Waals surface area contributed by atoms with Gasteiger partial charge in [-0.15, -0.1) is 0 Å². The normalized spacial score (nSPS) is 17.9. The second-order valence-electron chi connectivity index (χ2n) is 8.44. The van der Waals surface area contributed by atoms with Crippen molar-refractivity contribution >= 4 is 17.8 Å². The number of likely N-dealkylation sites (tertiary alicyclic amines) is 1. The molecule has 2 aliphatic heterocycles. The molecule has 2 aromatic rings. The number of halogens is 6. The third-order valence-electron chi connectivity index (χ3n) is 5.43. The van der Waals surface area contributed by atoms with E-state index in [-0.39, 0.29) is 0 Å². The van der Waals surface area contributed by atoms with Gasteiger partial charge in [0.1, 0.15) is 5.82 Å². The van der Waals surface area contributed by atoms with Crippen molar-refractivity contribution in [2.45, 2.75) is 44.8 Å². The summed E-state index contributed by atoms with van der Waals surface area (Å²) in [6.45, 7) is 5.42. The number of alkyl halides is 6. The molecule has 2 N–H and O–H groups in total. The molecule has 210 valence electrons. The molecule has 0 saturated carbocycles. The molecule has 0 spiro atoms. The van der Waals surface area contributed by atoms with E-state index < -0.39 is 24.3 Å². The fourth-order valence-corrected chi connectivity index (χ4v) is 3.81. The summed E-state index contributed by atoms with van der Waals surface area (Å²) in [6.07, 6.45) is -0.831. The van der Waals surface area contributed by atoms with Gasteiger partial charge < -0.3 is 19.7 Å². The summed E-state index contributed by atoms with van der Waals surface area (Å²) in [6, 6.07) is 4.13. The molecule has 10 nitrogen and oxygen atoms in total. The molecular formula is C22H25F6N5O5. The highest BCUT2D eigenvalue weighted by Crippen LogP contribution is 2.21. The maximum Gasteiger partial charge on any atom is 0.490 e. The van der Waals surface area contributed by atoms with Crippen LogP contribution in [0.25, 0.3) is 0 Å². The number of carboxylic acid groups (broad SMARTS) is 2. The van der Waals surface area contributed by atoms with Crippen molar-refractivity contribution in [2.75, 3.05) is 19.6 Å². The number of hydrogen-bond acceptors (Lipinski definition) is 6. The average Bonchev–Trinajstić information content (AvgIpc) is 3.38. The zero-order valence-electron chi connectivity index (χ0n) is 19.8. The molecular weight excluding hydrogens is 528 g/mol. The van der Waals surface area contributed by atoms with Crippen molar-refractivity contribution in [3.05, 3.63) is 48.3 Å². The summed E-state index contributed by atoms with van der Waals surface area (Å²) in [7, 11) is 0. The molecule has 0 aliphatic carbocycles. The number of fused-ring (bicyclic) bond motifs is 1. The predicted molar refractivity (Wildman–Crippen MR) is 117 cm³/mol. The molecule has 16 heteroatoms. The van der Waals surface area contributed by atoms with Crippen LogP contribution in [0.4, 0.5) is 26.3 Å². The van der Waals surface area contributed by atoms with Gasteiger partial charge in [0.05, 0.1) is 6.54 Å². The molecule has 4 rings (SSSR count). The molecule has 1 amide bonds. The summed E-state index contributed by atoms with van der Waals surface area (Å²) in [5.74, 6) is -3.66. The largest absolute Gasteiger partial charge is 0.490 e. The maximum atomic E-state index is 12.0. The number of pyridine rings is 1. The van der Waals surface area contributed by atoms with Crippen LogP contribution < -0.4 is 0 Å². The first-order valence-electron chi connectivity index (χ1n) is 11.2. The standard InChI is InChI=1S/C18H23N5O.2C2HF3O2/c24-18-2-1-8-23(18)13-16-11-21(10-15-3-5-19-6-4-15)14-17-20-7-9-22(17)12-16;2*3-2(4,5)1(6)7/h3-7,9,16H,1-2,8,10-14H2;2*(H,6,7). The van der Waals surface area contributed by atoms with Crippen molar-refractivity contribution in [3.63, 3.8) is 0 Å². The van der Waals surface area contributed by atoms with Crippen molar-refractivity contribution in [1.82, 2.24) is 24.3 Å². The fraction of sp³-hybridized carbons (Fsp3) is 0.500. The zero-order valence-corrected chi connectivity index (χ0v) is 19.8. The van der Waals surface area contributed by atoms with Crippen LogP contribution in [0, 0.1) is 5.92 Å². The molecule has 4 heterocycles. The third kappa shape index (κ3) is 9.99. The second kappa shape index (κ2) is 13.2. The molecule has 2 aliphatic rings. The number of imidazole rings is 1. The smallest absolute Gasteiger partial charge is 0.475 e. The number of hydrogen-bond donors (Lipinski definition) is 2. The first kappa shape index (κ1) is 30.5. The predicted octanol–water partition coefficient (Wildman–Crippen LogP) is 2.80. The van der Waals surface area contributed by atoms with Crippen LogP contribution in [-0.4, -0.2) is 84.4 Å². The van der Waals surface area contributed by atoms with E-state index in [1.165, 1.54) is 5.56 Å². The van der Waals surface area contributed by atoms with E-state index in [9.17, 15) is 31.1 Å². The van der Waals surface area contributed by atoms with Crippen LogP contribution >= 0.6 is 0 Å². The lowest BCUT2D eigenvalue weighted by molar-refractivity contribution is -0.193. The number of carbonyl (C=O) groups is 3. The highest BCUT2D eigenvalue weighted by atomic mass is 19.4. The summed E-state index contributed by atoms with van der Waals surface area (Å²) >= 11 is 0. The quantitative estimate of drug-likeness (QED) is 0.554. The van der Waals surface area contributed by atoms with Gasteiger partial charge in [0.2, 0.25) is 5.91 Å². The molecule has 38 heavy (non-hydrogen) atoms. The van der Waals surface area contributed by atoms with Gasteiger partial charge in [-0.05, 0) is 24.1 Å². The lowest BCUT2D eigenvalue weighted by atomic mass is 10.1. The Balaban J connectivity index is 0.000000301. The number of amides is 1. The molecule has 0 bridgehead atoms. The van der Waals surface area contributed by atoms with Gasteiger partial charge in [-0.2, -0.15) is 26.3 Å². The van der Waals surface area contributed by atoms with Crippen molar-refractivity contribution in [3.8, 4) is 0 Å². The summed E-state index contributed by atoms with van der Waals surface area (Å²) in [5.41, 5.74) is 1.26. The first-order valence-corrected chi connectivity index (χ1v) is 11.2. The molecule has 2 aromatic heterocycles. The van der Waals surface area contributed by atoms with E-state index in [2.05, 4.69) is 37.8 Å². The molecule has 0 aromatic carbocycles. The lowest BCUT2D eigenvalue weighted by Crippen LogP contribution is -2.37. The maximum absolute atomic E-state index is 12.0. The van der Waals surface area contributed by atoms with Crippen LogP contribution in [-0.2, 0) is 34.0 Å². The van der Waals surface area contributed by atoms with Crippen LogP contribution in [0.15, 0.2) is 36.9 Å². The van der Waals surface area contributed by atoms with Gasteiger partial charge in [-0.25, -0.2) is 14.6 Å². The average molecular weight is 553 g/mol. The van der Waals surface area contributed by atoms with Crippen molar-refractivity contribution < 1.29 is 50.9 Å². The summed E-state index contributed by atoms with van der Waals surface area (Å²) in [5, 5.41) is 14.2. The summed E-state index contributed by atoms with van der Waals surface area (Å²) < 4.78 is 65.7. The van der Waals surface area contributed by atoms with E-state index >= 15 is 0 Å². The van der Waals surface area contributed by atoms with E-state index in [0.29, 0.717) is 18.2 Å². The number of carboxylic acids is 2. The third-order valence-corrected chi connectivity index (χ3v) is 5.43. The number of aromatic nitrogens is 3. The van der Waals surface area contributed by atoms with Gasteiger partial charge in [0.25, 0.3) is 0 Å². The number of nitrogens with zero attached hydrogens (tertiary/aromatic N) is 5. The lowest BCUT2D eigenvalue weighted by Gasteiger charge is -2.27. The Morgan fingerprint density at radius 1 is 0.974 bits per heavy atom. The van der Waals surface area contributed by atoms with Crippen molar-refractivity contribution in [1.29, 1.82) is 0 Å². The Hall–Kier alpha value is -3.69. The Labute approximate surface area is 212 Å². The Morgan fingerprint density at radius 2 is 1.55 bits per heavy atom. The van der Waals surface area contributed by atoms with Gasteiger partial charge in [0.15, 0.2) is 0 Å². The first-order chi connectivity index (χ1) is 17.7. The minimum absolute atomic E-state index is 0.311. The molecule has 1 atom stereocenters. The minimum Gasteiger partial charge on any atom is -0.475 e. The summed E-state index contributed by atoms with van der Waals surface area (Å²) in [4.78, 5) is 42.9. The zero-order chi connectivity index (χ0) is 28.5. The van der Waals surface area contributed by atoms with E-state index in [1.54, 1.807) is 0 Å². The molecule has 1 fully saturated rings.